The first-order chi connectivity index (χ1) is 13.0. The zero-order chi connectivity index (χ0) is 19.4. The molecule has 1 aromatic heterocycles. The van der Waals surface area contributed by atoms with Gasteiger partial charge < -0.3 is 20.1 Å². The minimum Gasteiger partial charge on any atom is -0.497 e. The van der Waals surface area contributed by atoms with E-state index in [2.05, 4.69) is 20.6 Å². The zero-order valence-corrected chi connectivity index (χ0v) is 16.4. The van der Waals surface area contributed by atoms with Crippen LogP contribution in [0.4, 0.5) is 23.1 Å². The lowest BCUT2D eigenvalue weighted by Crippen LogP contribution is -2.04. The largest absolute Gasteiger partial charge is 0.497 e. The number of ether oxygens (including phenoxy) is 2. The molecule has 0 aliphatic heterocycles. The van der Waals surface area contributed by atoms with Crippen LogP contribution in [-0.4, -0.2) is 24.2 Å². The molecule has 0 saturated carbocycles. The number of aryl methyl sites for hydroxylation is 1. The van der Waals surface area contributed by atoms with Crippen LogP contribution in [0.2, 0.25) is 5.02 Å². The maximum Gasteiger partial charge on any atom is 0.229 e. The summed E-state index contributed by atoms with van der Waals surface area (Å²) in [5, 5.41) is 7.18. The molecular formula is C20H21ClN4O2. The highest BCUT2D eigenvalue weighted by atomic mass is 35.5. The van der Waals surface area contributed by atoms with E-state index >= 15 is 0 Å². The summed E-state index contributed by atoms with van der Waals surface area (Å²) in [5.41, 5.74) is 3.36. The SMILES string of the molecule is COc1ccc(OC)c(Nc2cc(C)nc(Nc3cccc(Cl)c3C)n2)c1. The number of aromatic nitrogens is 2. The van der Waals surface area contributed by atoms with Gasteiger partial charge in [0.15, 0.2) is 0 Å². The molecule has 7 heteroatoms. The van der Waals surface area contributed by atoms with E-state index in [-0.39, 0.29) is 0 Å². The molecule has 3 rings (SSSR count). The molecule has 6 nitrogen and oxygen atoms in total. The van der Waals surface area contributed by atoms with E-state index in [1.807, 2.05) is 56.3 Å². The van der Waals surface area contributed by atoms with Crippen molar-refractivity contribution in [3.8, 4) is 11.5 Å². The van der Waals surface area contributed by atoms with E-state index in [1.165, 1.54) is 0 Å². The molecule has 2 N–H and O–H groups in total. The summed E-state index contributed by atoms with van der Waals surface area (Å²) in [5.74, 6) is 2.52. The van der Waals surface area contributed by atoms with Crippen LogP contribution in [0.1, 0.15) is 11.3 Å². The van der Waals surface area contributed by atoms with Crippen LogP contribution in [0, 0.1) is 13.8 Å². The van der Waals surface area contributed by atoms with E-state index < -0.39 is 0 Å². The summed E-state index contributed by atoms with van der Waals surface area (Å²) < 4.78 is 10.7. The average molecular weight is 385 g/mol. The lowest BCUT2D eigenvalue weighted by Gasteiger charge is -2.14. The van der Waals surface area contributed by atoms with Crippen molar-refractivity contribution < 1.29 is 9.47 Å². The predicted octanol–water partition coefficient (Wildman–Crippen LogP) is 5.25. The van der Waals surface area contributed by atoms with Crippen molar-refractivity contribution in [2.45, 2.75) is 13.8 Å². The third-order valence-electron chi connectivity index (χ3n) is 4.04. The number of nitrogens with zero attached hydrogens (tertiary/aromatic N) is 2. The lowest BCUT2D eigenvalue weighted by atomic mass is 10.2. The van der Waals surface area contributed by atoms with Crippen LogP contribution < -0.4 is 20.1 Å². The minimum atomic E-state index is 0.477. The Morgan fingerprint density at radius 3 is 2.44 bits per heavy atom. The lowest BCUT2D eigenvalue weighted by molar-refractivity contribution is 0.405. The predicted molar refractivity (Wildman–Crippen MR) is 109 cm³/mol. The monoisotopic (exact) mass is 384 g/mol. The van der Waals surface area contributed by atoms with Gasteiger partial charge in [-0.15, -0.1) is 0 Å². The van der Waals surface area contributed by atoms with E-state index in [0.29, 0.717) is 22.5 Å². The Bertz CT molecular complexity index is 963. The molecule has 0 amide bonds. The third-order valence-corrected chi connectivity index (χ3v) is 4.45. The van der Waals surface area contributed by atoms with E-state index in [1.54, 1.807) is 14.2 Å². The first kappa shape index (κ1) is 18.8. The highest BCUT2D eigenvalue weighted by molar-refractivity contribution is 6.31. The molecule has 0 bridgehead atoms. The fourth-order valence-electron chi connectivity index (χ4n) is 2.60. The van der Waals surface area contributed by atoms with Gasteiger partial charge in [0.05, 0.1) is 19.9 Å². The Hall–Kier alpha value is -2.99. The second-order valence-corrected chi connectivity index (χ2v) is 6.35. The summed E-state index contributed by atoms with van der Waals surface area (Å²) in [6.45, 7) is 3.85. The van der Waals surface area contributed by atoms with Crippen molar-refractivity contribution in [2.75, 3.05) is 24.9 Å². The van der Waals surface area contributed by atoms with Gasteiger partial charge in [0.1, 0.15) is 17.3 Å². The van der Waals surface area contributed by atoms with Gasteiger partial charge in [-0.1, -0.05) is 17.7 Å². The van der Waals surface area contributed by atoms with Gasteiger partial charge in [0.25, 0.3) is 0 Å². The molecule has 3 aromatic rings. The first-order valence-corrected chi connectivity index (χ1v) is 8.75. The number of rotatable bonds is 6. The Morgan fingerprint density at radius 1 is 0.889 bits per heavy atom. The minimum absolute atomic E-state index is 0.477. The van der Waals surface area contributed by atoms with Crippen LogP contribution in [0.15, 0.2) is 42.5 Å². The van der Waals surface area contributed by atoms with Gasteiger partial charge >= 0.3 is 0 Å². The summed E-state index contributed by atoms with van der Waals surface area (Å²) >= 11 is 6.19. The normalized spacial score (nSPS) is 10.4. The summed E-state index contributed by atoms with van der Waals surface area (Å²) in [7, 11) is 3.24. The van der Waals surface area contributed by atoms with Gasteiger partial charge in [0, 0.05) is 28.5 Å². The Balaban J connectivity index is 1.91. The average Bonchev–Trinajstić information content (AvgIpc) is 2.65. The second-order valence-electron chi connectivity index (χ2n) is 5.95. The van der Waals surface area contributed by atoms with Crippen LogP contribution in [-0.2, 0) is 0 Å². The summed E-state index contributed by atoms with van der Waals surface area (Å²) in [6, 6.07) is 13.0. The number of anilines is 4. The van der Waals surface area contributed by atoms with Crippen molar-refractivity contribution in [3.63, 3.8) is 0 Å². The number of hydrogen-bond acceptors (Lipinski definition) is 6. The van der Waals surface area contributed by atoms with Crippen molar-refractivity contribution in [2.24, 2.45) is 0 Å². The van der Waals surface area contributed by atoms with Gasteiger partial charge in [-0.05, 0) is 43.7 Å². The summed E-state index contributed by atoms with van der Waals surface area (Å²) in [6.07, 6.45) is 0. The summed E-state index contributed by atoms with van der Waals surface area (Å²) in [4.78, 5) is 9.01. The van der Waals surface area contributed by atoms with Crippen LogP contribution >= 0.6 is 11.6 Å². The van der Waals surface area contributed by atoms with Gasteiger partial charge in [-0.25, -0.2) is 4.98 Å². The molecule has 140 valence electrons. The van der Waals surface area contributed by atoms with Gasteiger partial charge in [0.2, 0.25) is 5.95 Å². The molecule has 0 aliphatic carbocycles. The molecule has 1 heterocycles. The van der Waals surface area contributed by atoms with Crippen molar-refractivity contribution in [3.05, 3.63) is 58.7 Å². The maximum absolute atomic E-state index is 6.19. The second kappa shape index (κ2) is 8.14. The molecule has 27 heavy (non-hydrogen) atoms. The van der Waals surface area contributed by atoms with Gasteiger partial charge in [-0.2, -0.15) is 4.98 Å². The fourth-order valence-corrected chi connectivity index (χ4v) is 2.78. The van der Waals surface area contributed by atoms with Crippen molar-refractivity contribution >= 4 is 34.7 Å². The van der Waals surface area contributed by atoms with Crippen LogP contribution in [0.3, 0.4) is 0 Å². The highest BCUT2D eigenvalue weighted by Gasteiger charge is 2.10. The highest BCUT2D eigenvalue weighted by Crippen LogP contribution is 2.32. The first-order valence-electron chi connectivity index (χ1n) is 8.37. The van der Waals surface area contributed by atoms with Crippen molar-refractivity contribution in [1.82, 2.24) is 9.97 Å². The molecule has 0 unspecified atom stereocenters. The number of methoxy groups -OCH3 is 2. The van der Waals surface area contributed by atoms with E-state index in [9.17, 15) is 0 Å². The smallest absolute Gasteiger partial charge is 0.229 e. The Kier molecular flexibility index (Phi) is 5.66. The van der Waals surface area contributed by atoms with E-state index in [4.69, 9.17) is 21.1 Å². The molecule has 0 saturated heterocycles. The third kappa shape index (κ3) is 4.41. The fraction of sp³-hybridized carbons (Fsp3) is 0.200. The maximum atomic E-state index is 6.19. The Labute approximate surface area is 163 Å². The molecule has 0 spiro atoms. The Morgan fingerprint density at radius 2 is 1.70 bits per heavy atom. The van der Waals surface area contributed by atoms with E-state index in [0.717, 1.165) is 28.4 Å². The van der Waals surface area contributed by atoms with Gasteiger partial charge in [-0.3, -0.25) is 0 Å². The topological polar surface area (TPSA) is 68.3 Å². The standard InChI is InChI=1S/C20H21ClN4O2/c1-12-10-19(23-17-11-14(26-3)8-9-18(17)27-4)25-20(22-12)24-16-7-5-6-15(21)13(16)2/h5-11H,1-4H3,(H2,22,23,24,25). The number of hydrogen-bond donors (Lipinski definition) is 2. The molecular weight excluding hydrogens is 364 g/mol. The number of halogens is 1. The van der Waals surface area contributed by atoms with Crippen LogP contribution in [0.25, 0.3) is 0 Å². The molecule has 0 aliphatic rings. The molecule has 2 aromatic carbocycles. The number of nitrogens with one attached hydrogen (secondary N) is 2. The molecule has 0 radical (unpaired) electrons. The molecule has 0 fully saturated rings. The van der Waals surface area contributed by atoms with Crippen molar-refractivity contribution in [1.29, 1.82) is 0 Å². The number of benzene rings is 2. The van der Waals surface area contributed by atoms with Crippen LogP contribution in [0.5, 0.6) is 11.5 Å². The zero-order valence-electron chi connectivity index (χ0n) is 15.6. The quantitative estimate of drug-likeness (QED) is 0.604. The molecule has 0 atom stereocenters.